The lowest BCUT2D eigenvalue weighted by atomic mass is 10.3. The summed E-state index contributed by atoms with van der Waals surface area (Å²) >= 11 is 12.3. The first-order valence-electron chi connectivity index (χ1n) is 6.08. The zero-order valence-corrected chi connectivity index (χ0v) is 14.5. The SMILES string of the molecule is CC(=O)c1sc(NC(=S)N[C@@H]2CS(=O)(=O)C[C@H]2Cl)nc1C. The largest absolute Gasteiger partial charge is 0.357 e. The molecule has 0 amide bonds. The number of hydrogen-bond acceptors (Lipinski definition) is 6. The number of nitrogens with zero attached hydrogens (tertiary/aromatic N) is 1. The number of thiocarbonyl (C=S) groups is 1. The summed E-state index contributed by atoms with van der Waals surface area (Å²) in [5, 5.41) is 5.95. The van der Waals surface area contributed by atoms with E-state index in [-0.39, 0.29) is 22.4 Å². The van der Waals surface area contributed by atoms with Crippen LogP contribution in [0.2, 0.25) is 0 Å². The molecule has 0 saturated carbocycles. The molecule has 2 atom stereocenters. The Kier molecular flexibility index (Phi) is 4.86. The molecule has 116 valence electrons. The smallest absolute Gasteiger partial charge is 0.189 e. The van der Waals surface area contributed by atoms with E-state index in [1.54, 1.807) is 6.92 Å². The van der Waals surface area contributed by atoms with Crippen LogP contribution < -0.4 is 10.6 Å². The molecule has 1 aliphatic heterocycles. The first-order valence-corrected chi connectivity index (χ1v) is 9.56. The van der Waals surface area contributed by atoms with Gasteiger partial charge in [0.25, 0.3) is 0 Å². The first-order chi connectivity index (χ1) is 9.68. The van der Waals surface area contributed by atoms with Crippen molar-refractivity contribution in [1.82, 2.24) is 10.3 Å². The van der Waals surface area contributed by atoms with Gasteiger partial charge >= 0.3 is 0 Å². The number of hydrogen-bond donors (Lipinski definition) is 2. The second kappa shape index (κ2) is 6.15. The van der Waals surface area contributed by atoms with E-state index in [2.05, 4.69) is 15.6 Å². The molecule has 10 heteroatoms. The van der Waals surface area contributed by atoms with Crippen LogP contribution in [0, 0.1) is 6.92 Å². The maximum absolute atomic E-state index is 11.5. The average molecular weight is 368 g/mol. The average Bonchev–Trinajstić information content (AvgIpc) is 2.79. The number of sulfone groups is 1. The molecule has 0 bridgehead atoms. The number of ketones is 1. The topological polar surface area (TPSA) is 88.2 Å². The molecule has 0 radical (unpaired) electrons. The van der Waals surface area contributed by atoms with Crippen molar-refractivity contribution < 1.29 is 13.2 Å². The minimum atomic E-state index is -3.12. The summed E-state index contributed by atoms with van der Waals surface area (Å²) in [4.78, 5) is 16.1. The highest BCUT2D eigenvalue weighted by Gasteiger charge is 2.36. The number of alkyl halides is 1. The Bertz CT molecular complexity index is 686. The fourth-order valence-electron chi connectivity index (χ4n) is 2.01. The van der Waals surface area contributed by atoms with Crippen molar-refractivity contribution in [3.8, 4) is 0 Å². The number of carbonyl (C=O) groups excluding carboxylic acids is 1. The summed E-state index contributed by atoms with van der Waals surface area (Å²) in [6.45, 7) is 3.22. The van der Waals surface area contributed by atoms with Gasteiger partial charge in [0.2, 0.25) is 0 Å². The number of anilines is 1. The van der Waals surface area contributed by atoms with Crippen LogP contribution in [-0.4, -0.2) is 47.2 Å². The van der Waals surface area contributed by atoms with Gasteiger partial charge in [0.05, 0.1) is 33.5 Å². The van der Waals surface area contributed by atoms with Crippen molar-refractivity contribution in [2.45, 2.75) is 25.3 Å². The summed E-state index contributed by atoms with van der Waals surface area (Å²) < 4.78 is 23.0. The predicted molar refractivity (Wildman–Crippen MR) is 88.3 cm³/mol. The van der Waals surface area contributed by atoms with Crippen molar-refractivity contribution in [1.29, 1.82) is 0 Å². The minimum absolute atomic E-state index is 0.0431. The van der Waals surface area contributed by atoms with Crippen molar-refractivity contribution in [3.63, 3.8) is 0 Å². The van der Waals surface area contributed by atoms with Crippen LogP contribution in [0.5, 0.6) is 0 Å². The van der Waals surface area contributed by atoms with E-state index in [0.717, 1.165) is 0 Å². The lowest BCUT2D eigenvalue weighted by Crippen LogP contribution is -2.42. The summed E-state index contributed by atoms with van der Waals surface area (Å²) in [7, 11) is -3.12. The van der Waals surface area contributed by atoms with E-state index in [0.29, 0.717) is 15.7 Å². The molecule has 1 aromatic rings. The highest BCUT2D eigenvalue weighted by Crippen LogP contribution is 2.23. The van der Waals surface area contributed by atoms with Gasteiger partial charge in [-0.15, -0.1) is 11.6 Å². The third kappa shape index (κ3) is 4.12. The molecule has 0 spiro atoms. The van der Waals surface area contributed by atoms with Crippen LogP contribution in [0.15, 0.2) is 0 Å². The Labute approximate surface area is 137 Å². The first kappa shape index (κ1) is 16.6. The van der Waals surface area contributed by atoms with Gasteiger partial charge in [-0.1, -0.05) is 11.3 Å². The van der Waals surface area contributed by atoms with Crippen LogP contribution in [0.25, 0.3) is 0 Å². The number of halogens is 1. The second-order valence-electron chi connectivity index (χ2n) is 4.79. The van der Waals surface area contributed by atoms with Gasteiger partial charge in [-0.2, -0.15) is 0 Å². The van der Waals surface area contributed by atoms with Crippen LogP contribution in [0.4, 0.5) is 5.13 Å². The molecule has 1 aliphatic rings. The van der Waals surface area contributed by atoms with E-state index in [4.69, 9.17) is 23.8 Å². The van der Waals surface area contributed by atoms with Gasteiger partial charge in [-0.05, 0) is 19.1 Å². The molecule has 0 aromatic carbocycles. The van der Waals surface area contributed by atoms with E-state index in [1.165, 1.54) is 18.3 Å². The van der Waals surface area contributed by atoms with E-state index in [9.17, 15) is 13.2 Å². The van der Waals surface area contributed by atoms with Gasteiger partial charge in [0.1, 0.15) is 0 Å². The number of rotatable bonds is 3. The van der Waals surface area contributed by atoms with Crippen molar-refractivity contribution in [3.05, 3.63) is 10.6 Å². The normalized spacial score (nSPS) is 23.8. The minimum Gasteiger partial charge on any atom is -0.357 e. The highest BCUT2D eigenvalue weighted by molar-refractivity contribution is 7.91. The third-order valence-corrected chi connectivity index (χ3v) is 6.71. The van der Waals surface area contributed by atoms with Crippen molar-refractivity contribution in [2.24, 2.45) is 0 Å². The van der Waals surface area contributed by atoms with Crippen molar-refractivity contribution in [2.75, 3.05) is 16.8 Å². The zero-order valence-electron chi connectivity index (χ0n) is 11.3. The number of nitrogens with one attached hydrogen (secondary N) is 2. The third-order valence-electron chi connectivity index (χ3n) is 2.94. The molecule has 2 heterocycles. The summed E-state index contributed by atoms with van der Waals surface area (Å²) in [5.41, 5.74) is 0.636. The Morgan fingerprint density at radius 3 is 2.62 bits per heavy atom. The van der Waals surface area contributed by atoms with Gasteiger partial charge in [0.15, 0.2) is 25.9 Å². The standard InChI is InChI=1S/C11H14ClN3O3S3/c1-5-9(6(2)16)20-11(13-5)15-10(19)14-8-4-21(17,18)3-7(8)12/h7-8H,3-4H2,1-2H3,(H2,13,14,15,19)/t7-,8-/m1/s1. The van der Waals surface area contributed by atoms with Gasteiger partial charge in [-0.25, -0.2) is 13.4 Å². The fourth-order valence-corrected chi connectivity index (χ4v) is 5.74. The maximum atomic E-state index is 11.5. The van der Waals surface area contributed by atoms with E-state index in [1.807, 2.05) is 0 Å². The molecular formula is C11H14ClN3O3S3. The Morgan fingerprint density at radius 1 is 1.48 bits per heavy atom. The van der Waals surface area contributed by atoms with Crippen LogP contribution in [0.1, 0.15) is 22.3 Å². The van der Waals surface area contributed by atoms with E-state index >= 15 is 0 Å². The van der Waals surface area contributed by atoms with Gasteiger partial charge < -0.3 is 10.6 Å². The lowest BCUT2D eigenvalue weighted by molar-refractivity contribution is 0.102. The second-order valence-corrected chi connectivity index (χ2v) is 8.91. The fraction of sp³-hybridized carbons (Fsp3) is 0.545. The Hall–Kier alpha value is -0.770. The van der Waals surface area contributed by atoms with Crippen LogP contribution >= 0.6 is 35.2 Å². The Balaban J connectivity index is 1.99. The Morgan fingerprint density at radius 2 is 2.14 bits per heavy atom. The number of aryl methyl sites for hydroxylation is 1. The molecule has 6 nitrogen and oxygen atoms in total. The molecule has 21 heavy (non-hydrogen) atoms. The predicted octanol–water partition coefficient (Wildman–Crippen LogP) is 1.34. The molecule has 0 aliphatic carbocycles. The zero-order chi connectivity index (χ0) is 15.8. The molecule has 2 N–H and O–H groups in total. The van der Waals surface area contributed by atoms with Gasteiger partial charge in [0, 0.05) is 6.92 Å². The maximum Gasteiger partial charge on any atom is 0.189 e. The van der Waals surface area contributed by atoms with E-state index < -0.39 is 21.3 Å². The summed E-state index contributed by atoms with van der Waals surface area (Å²) in [6.07, 6.45) is 0. The summed E-state index contributed by atoms with van der Waals surface area (Å²) in [6, 6.07) is -0.426. The van der Waals surface area contributed by atoms with Crippen LogP contribution in [0.3, 0.4) is 0 Å². The molecule has 0 unspecified atom stereocenters. The molecule has 1 fully saturated rings. The van der Waals surface area contributed by atoms with Gasteiger partial charge in [-0.3, -0.25) is 4.79 Å². The molecule has 1 saturated heterocycles. The number of aromatic nitrogens is 1. The highest BCUT2D eigenvalue weighted by atomic mass is 35.5. The monoisotopic (exact) mass is 367 g/mol. The molecular weight excluding hydrogens is 354 g/mol. The molecule has 1 aromatic heterocycles. The summed E-state index contributed by atoms with van der Waals surface area (Å²) in [5.74, 6) is -0.155. The quantitative estimate of drug-likeness (QED) is 0.473. The number of Topliss-reactive ketones (excluding diaryl/α,β-unsaturated/α-hetero) is 1. The van der Waals surface area contributed by atoms with Crippen molar-refractivity contribution >= 4 is 61.0 Å². The van der Waals surface area contributed by atoms with Crippen LogP contribution in [-0.2, 0) is 9.84 Å². The number of thiazole rings is 1. The number of carbonyl (C=O) groups is 1. The lowest BCUT2D eigenvalue weighted by Gasteiger charge is -2.16. The molecule has 2 rings (SSSR count).